The molecule has 138 valence electrons. The summed E-state index contributed by atoms with van der Waals surface area (Å²) in [6.07, 6.45) is 1.50. The average Bonchev–Trinajstić information content (AvgIpc) is 2.73. The molecular formula is C23H18N2O3. The maximum absolute atomic E-state index is 12.6. The maximum atomic E-state index is 12.6. The molecule has 0 radical (unpaired) electrons. The molecule has 0 N–H and O–H groups in total. The highest BCUT2D eigenvalue weighted by atomic mass is 16.6. The van der Waals surface area contributed by atoms with Gasteiger partial charge >= 0.3 is 0 Å². The van der Waals surface area contributed by atoms with Gasteiger partial charge in [0.15, 0.2) is 12.3 Å². The lowest BCUT2D eigenvalue weighted by Gasteiger charge is -2.13. The van der Waals surface area contributed by atoms with Crippen molar-refractivity contribution in [2.24, 2.45) is 0 Å². The number of hydrogen-bond donors (Lipinski definition) is 0. The summed E-state index contributed by atoms with van der Waals surface area (Å²) < 4.78 is 0.837. The number of nitrogens with zero attached hydrogens (tertiary/aromatic N) is 2. The van der Waals surface area contributed by atoms with Crippen molar-refractivity contribution in [3.8, 4) is 11.8 Å². The van der Waals surface area contributed by atoms with E-state index in [1.165, 1.54) is 18.3 Å². The van der Waals surface area contributed by atoms with E-state index >= 15 is 0 Å². The van der Waals surface area contributed by atoms with Gasteiger partial charge in [0, 0.05) is 35.7 Å². The second kappa shape index (κ2) is 8.65. The maximum Gasteiger partial charge on any atom is 0.269 e. The normalized spacial score (nSPS) is 12.0. The first-order valence-electron chi connectivity index (χ1n) is 8.75. The van der Waals surface area contributed by atoms with Crippen LogP contribution in [0.4, 0.5) is 5.69 Å². The molecule has 0 amide bonds. The van der Waals surface area contributed by atoms with Crippen LogP contribution in [0.1, 0.15) is 35.2 Å². The highest BCUT2D eigenvalue weighted by Gasteiger charge is 2.15. The highest BCUT2D eigenvalue weighted by molar-refractivity contribution is 5.80. The second-order valence-corrected chi connectivity index (χ2v) is 6.22. The minimum absolute atomic E-state index is 0.00101. The van der Waals surface area contributed by atoms with Crippen LogP contribution in [0.15, 0.2) is 78.9 Å². The Hall–Kier alpha value is -3.91. The van der Waals surface area contributed by atoms with Crippen LogP contribution in [0.5, 0.6) is 0 Å². The van der Waals surface area contributed by atoms with E-state index in [1.54, 1.807) is 19.1 Å². The summed E-state index contributed by atoms with van der Waals surface area (Å²) >= 11 is 0. The molecule has 0 saturated heterocycles. The molecule has 0 unspecified atom stereocenters. The van der Waals surface area contributed by atoms with Gasteiger partial charge in [-0.1, -0.05) is 42.2 Å². The van der Waals surface area contributed by atoms with Gasteiger partial charge in [0.1, 0.15) is 0 Å². The number of hydroxylamine groups is 1. The van der Waals surface area contributed by atoms with Gasteiger partial charge in [0.25, 0.3) is 5.69 Å². The number of nitro groups is 1. The molecule has 0 saturated carbocycles. The van der Waals surface area contributed by atoms with Gasteiger partial charge in [-0.2, -0.15) is 0 Å². The molecule has 0 spiro atoms. The molecule has 3 rings (SSSR count). The molecule has 0 fully saturated rings. The number of non-ortho nitro benzene ring substituents is 1. The third-order valence-corrected chi connectivity index (χ3v) is 4.31. The number of nitro benzene ring substituents is 1. The molecule has 0 aliphatic heterocycles. The van der Waals surface area contributed by atoms with E-state index in [0.29, 0.717) is 5.56 Å². The molecule has 3 aromatic rings. The van der Waals surface area contributed by atoms with Gasteiger partial charge in [-0.3, -0.25) is 10.1 Å². The molecule has 1 atom stereocenters. The standard InChI is InChI=1S/C23H18N2O3/c1-18(20-13-15-23(16-14-20)25(27)28)24(26)17-22-10-6-5-9-21(22)12-11-19-7-3-2-4-8-19/h2-10,13-18H,1H3/b24-17-/t18-/m0/s1. The minimum Gasteiger partial charge on any atom is -0.623 e. The summed E-state index contributed by atoms with van der Waals surface area (Å²) in [6, 6.07) is 22.6. The van der Waals surface area contributed by atoms with Crippen LogP contribution in [-0.4, -0.2) is 15.9 Å². The van der Waals surface area contributed by atoms with E-state index in [-0.39, 0.29) is 5.69 Å². The van der Waals surface area contributed by atoms with Gasteiger partial charge in [-0.05, 0) is 36.4 Å². The van der Waals surface area contributed by atoms with Crippen molar-refractivity contribution in [2.75, 3.05) is 0 Å². The van der Waals surface area contributed by atoms with Crippen molar-refractivity contribution in [3.05, 3.63) is 116 Å². The van der Waals surface area contributed by atoms with E-state index in [4.69, 9.17) is 0 Å². The molecule has 0 bridgehead atoms. The van der Waals surface area contributed by atoms with Crippen molar-refractivity contribution in [3.63, 3.8) is 0 Å². The largest absolute Gasteiger partial charge is 0.623 e. The predicted molar refractivity (Wildman–Crippen MR) is 109 cm³/mol. The Kier molecular flexibility index (Phi) is 5.83. The second-order valence-electron chi connectivity index (χ2n) is 6.22. The van der Waals surface area contributed by atoms with Gasteiger partial charge in [-0.15, -0.1) is 0 Å². The van der Waals surface area contributed by atoms with Crippen LogP contribution in [0.25, 0.3) is 0 Å². The summed E-state index contributed by atoms with van der Waals surface area (Å²) in [5, 5.41) is 23.4. The Balaban J connectivity index is 1.86. The van der Waals surface area contributed by atoms with Crippen molar-refractivity contribution in [1.29, 1.82) is 0 Å². The Morgan fingerprint density at radius 2 is 1.50 bits per heavy atom. The first kappa shape index (κ1) is 18.9. The topological polar surface area (TPSA) is 69.2 Å². The Labute approximate surface area is 163 Å². The monoisotopic (exact) mass is 370 g/mol. The van der Waals surface area contributed by atoms with E-state index < -0.39 is 11.0 Å². The zero-order valence-corrected chi connectivity index (χ0v) is 15.3. The van der Waals surface area contributed by atoms with Gasteiger partial charge in [0.2, 0.25) is 0 Å². The van der Waals surface area contributed by atoms with Crippen molar-refractivity contribution >= 4 is 11.9 Å². The molecule has 3 aromatic carbocycles. The minimum atomic E-state index is -0.490. The predicted octanol–water partition coefficient (Wildman–Crippen LogP) is 4.69. The molecule has 0 heterocycles. The highest BCUT2D eigenvalue weighted by Crippen LogP contribution is 2.20. The van der Waals surface area contributed by atoms with Crippen LogP contribution in [-0.2, 0) is 0 Å². The zero-order valence-electron chi connectivity index (χ0n) is 15.3. The summed E-state index contributed by atoms with van der Waals surface area (Å²) in [5.74, 6) is 6.21. The van der Waals surface area contributed by atoms with Crippen molar-refractivity contribution in [1.82, 2.24) is 0 Å². The number of benzene rings is 3. The summed E-state index contributed by atoms with van der Waals surface area (Å²) in [5.41, 5.74) is 3.07. The molecule has 5 heteroatoms. The lowest BCUT2D eigenvalue weighted by Crippen LogP contribution is -2.12. The quantitative estimate of drug-likeness (QED) is 0.167. The van der Waals surface area contributed by atoms with Gasteiger partial charge in [0.05, 0.1) is 10.5 Å². The lowest BCUT2D eigenvalue weighted by atomic mass is 10.1. The van der Waals surface area contributed by atoms with Crippen LogP contribution >= 0.6 is 0 Å². The van der Waals surface area contributed by atoms with Crippen molar-refractivity contribution in [2.45, 2.75) is 13.0 Å². The van der Waals surface area contributed by atoms with E-state index in [2.05, 4.69) is 11.8 Å². The Bertz CT molecular complexity index is 1060. The number of rotatable bonds is 4. The zero-order chi connectivity index (χ0) is 19.9. The number of hydrogen-bond acceptors (Lipinski definition) is 3. The molecule has 0 aromatic heterocycles. The summed E-state index contributed by atoms with van der Waals surface area (Å²) in [4.78, 5) is 10.3. The van der Waals surface area contributed by atoms with E-state index in [1.807, 2.05) is 54.6 Å². The Morgan fingerprint density at radius 3 is 2.18 bits per heavy atom. The van der Waals surface area contributed by atoms with E-state index in [0.717, 1.165) is 21.4 Å². The van der Waals surface area contributed by atoms with Crippen LogP contribution in [0, 0.1) is 27.2 Å². The van der Waals surface area contributed by atoms with Crippen LogP contribution in [0.3, 0.4) is 0 Å². The fourth-order valence-electron chi connectivity index (χ4n) is 2.65. The smallest absolute Gasteiger partial charge is 0.269 e. The first-order valence-corrected chi connectivity index (χ1v) is 8.75. The van der Waals surface area contributed by atoms with Crippen LogP contribution < -0.4 is 0 Å². The van der Waals surface area contributed by atoms with Crippen molar-refractivity contribution < 1.29 is 9.66 Å². The molecule has 5 nitrogen and oxygen atoms in total. The van der Waals surface area contributed by atoms with E-state index in [9.17, 15) is 15.3 Å². The molecule has 0 aliphatic rings. The average molecular weight is 370 g/mol. The SMILES string of the molecule is C[C@@H](c1ccc([N+](=O)[O-])cc1)/[N+]([O-])=C/c1ccccc1C#Cc1ccccc1. The fraction of sp³-hybridized carbons (Fsp3) is 0.0870. The summed E-state index contributed by atoms with van der Waals surface area (Å²) in [7, 11) is 0. The molecule has 0 aliphatic carbocycles. The van der Waals surface area contributed by atoms with Crippen LogP contribution in [0.2, 0.25) is 0 Å². The summed E-state index contributed by atoms with van der Waals surface area (Å²) in [6.45, 7) is 1.75. The fourth-order valence-corrected chi connectivity index (χ4v) is 2.65. The third kappa shape index (κ3) is 4.63. The molecule has 28 heavy (non-hydrogen) atoms. The molecular weight excluding hydrogens is 352 g/mol. The first-order chi connectivity index (χ1) is 13.5. The van der Waals surface area contributed by atoms with Gasteiger partial charge < -0.3 is 5.21 Å². The lowest BCUT2D eigenvalue weighted by molar-refractivity contribution is -0.498. The third-order valence-electron chi connectivity index (χ3n) is 4.31. The van der Waals surface area contributed by atoms with Gasteiger partial charge in [-0.25, -0.2) is 4.74 Å². The Morgan fingerprint density at radius 1 is 0.857 bits per heavy atom.